The van der Waals surface area contributed by atoms with Gasteiger partial charge < -0.3 is 5.32 Å². The third kappa shape index (κ3) is 2.75. The van der Waals surface area contributed by atoms with Crippen LogP contribution in [-0.2, 0) is 13.6 Å². The fourth-order valence-corrected chi connectivity index (χ4v) is 2.41. The molecule has 2 aromatic heterocycles. The number of pyridine rings is 1. The van der Waals surface area contributed by atoms with Gasteiger partial charge >= 0.3 is 0 Å². The summed E-state index contributed by atoms with van der Waals surface area (Å²) >= 11 is 0. The summed E-state index contributed by atoms with van der Waals surface area (Å²) in [5, 5.41) is 28.0. The first-order chi connectivity index (χ1) is 11.5. The molecule has 0 spiro atoms. The SMILES string of the molecule is Cc1c(CNc2cc(C#N)c3cc([N+](=O)[O-])ccc3n2)cnn1C. The molecular formula is C16H14N6O2. The number of nitrogens with zero attached hydrogens (tertiary/aromatic N) is 5. The standard InChI is InChI=1S/C16H14N6O2/c1-10-12(9-19-21(10)2)8-18-16-5-11(7-17)14-6-13(22(23)24)3-4-15(14)20-16/h3-6,9H,8H2,1-2H3,(H,18,20). The predicted octanol–water partition coefficient (Wildman–Crippen LogP) is 2.67. The molecule has 0 radical (unpaired) electrons. The Kier molecular flexibility index (Phi) is 3.83. The van der Waals surface area contributed by atoms with Crippen LogP contribution in [0.1, 0.15) is 16.8 Å². The molecule has 0 aliphatic carbocycles. The highest BCUT2D eigenvalue weighted by Gasteiger charge is 2.12. The Balaban J connectivity index is 1.95. The molecule has 8 nitrogen and oxygen atoms in total. The number of nitro groups is 1. The summed E-state index contributed by atoms with van der Waals surface area (Å²) in [5.74, 6) is 0.538. The van der Waals surface area contributed by atoms with Gasteiger partial charge in [0.25, 0.3) is 5.69 Å². The first-order valence-electron chi connectivity index (χ1n) is 7.20. The minimum absolute atomic E-state index is 0.0625. The zero-order valence-corrected chi connectivity index (χ0v) is 13.1. The maximum absolute atomic E-state index is 10.9. The summed E-state index contributed by atoms with van der Waals surface area (Å²) in [4.78, 5) is 14.8. The Labute approximate surface area is 137 Å². The van der Waals surface area contributed by atoms with Gasteiger partial charge in [-0.3, -0.25) is 14.8 Å². The van der Waals surface area contributed by atoms with Crippen LogP contribution in [0.5, 0.6) is 0 Å². The van der Waals surface area contributed by atoms with Gasteiger partial charge in [0.05, 0.1) is 28.3 Å². The molecule has 1 N–H and O–H groups in total. The highest BCUT2D eigenvalue weighted by atomic mass is 16.6. The zero-order chi connectivity index (χ0) is 17.3. The van der Waals surface area contributed by atoms with E-state index in [9.17, 15) is 15.4 Å². The van der Waals surface area contributed by atoms with Crippen molar-refractivity contribution in [2.75, 3.05) is 5.32 Å². The molecule has 8 heteroatoms. The van der Waals surface area contributed by atoms with E-state index in [0.717, 1.165) is 11.3 Å². The van der Waals surface area contributed by atoms with Gasteiger partial charge in [-0.2, -0.15) is 10.4 Å². The number of fused-ring (bicyclic) bond motifs is 1. The number of nitro benzene ring substituents is 1. The molecule has 0 atom stereocenters. The van der Waals surface area contributed by atoms with Crippen LogP contribution >= 0.6 is 0 Å². The van der Waals surface area contributed by atoms with E-state index < -0.39 is 4.92 Å². The number of aryl methyl sites for hydroxylation is 1. The van der Waals surface area contributed by atoms with Crippen molar-refractivity contribution in [2.24, 2.45) is 7.05 Å². The fourth-order valence-electron chi connectivity index (χ4n) is 2.41. The predicted molar refractivity (Wildman–Crippen MR) is 88.4 cm³/mol. The largest absolute Gasteiger partial charge is 0.366 e. The number of nitriles is 1. The van der Waals surface area contributed by atoms with Gasteiger partial charge in [-0.1, -0.05) is 0 Å². The third-order valence-electron chi connectivity index (χ3n) is 3.92. The Morgan fingerprint density at radius 3 is 2.83 bits per heavy atom. The monoisotopic (exact) mass is 322 g/mol. The van der Waals surface area contributed by atoms with Gasteiger partial charge in [-0.25, -0.2) is 4.98 Å². The maximum atomic E-state index is 10.9. The molecule has 1 aromatic carbocycles. The maximum Gasteiger partial charge on any atom is 0.270 e. The molecule has 120 valence electrons. The Hall–Kier alpha value is -3.47. The lowest BCUT2D eigenvalue weighted by atomic mass is 10.1. The number of hydrogen-bond donors (Lipinski definition) is 1. The average molecular weight is 322 g/mol. The van der Waals surface area contributed by atoms with E-state index >= 15 is 0 Å². The summed E-state index contributed by atoms with van der Waals surface area (Å²) in [7, 11) is 1.87. The van der Waals surface area contributed by atoms with E-state index in [-0.39, 0.29) is 5.69 Å². The Morgan fingerprint density at radius 2 is 2.21 bits per heavy atom. The zero-order valence-electron chi connectivity index (χ0n) is 13.1. The summed E-state index contributed by atoms with van der Waals surface area (Å²) in [5.41, 5.74) is 2.88. The first kappa shape index (κ1) is 15.4. The van der Waals surface area contributed by atoms with Crippen molar-refractivity contribution < 1.29 is 4.92 Å². The second kappa shape index (κ2) is 5.96. The Bertz CT molecular complexity index is 986. The first-order valence-corrected chi connectivity index (χ1v) is 7.20. The lowest BCUT2D eigenvalue weighted by Gasteiger charge is -2.08. The topological polar surface area (TPSA) is 110 Å². The number of anilines is 1. The summed E-state index contributed by atoms with van der Waals surface area (Å²) in [6, 6.07) is 7.97. The molecule has 3 aromatic rings. The van der Waals surface area contributed by atoms with Crippen molar-refractivity contribution >= 4 is 22.4 Å². The van der Waals surface area contributed by atoms with Gasteiger partial charge in [0.1, 0.15) is 5.82 Å². The average Bonchev–Trinajstić information content (AvgIpc) is 2.90. The highest BCUT2D eigenvalue weighted by molar-refractivity contribution is 5.88. The van der Waals surface area contributed by atoms with Crippen LogP contribution in [0.25, 0.3) is 10.9 Å². The van der Waals surface area contributed by atoms with Gasteiger partial charge in [-0.15, -0.1) is 0 Å². The second-order valence-corrected chi connectivity index (χ2v) is 5.36. The van der Waals surface area contributed by atoms with E-state index in [1.807, 2.05) is 14.0 Å². The number of hydrogen-bond acceptors (Lipinski definition) is 6. The van der Waals surface area contributed by atoms with Gasteiger partial charge in [0.2, 0.25) is 0 Å². The van der Waals surface area contributed by atoms with Crippen LogP contribution in [0.15, 0.2) is 30.5 Å². The normalized spacial score (nSPS) is 10.5. The smallest absolute Gasteiger partial charge is 0.270 e. The van der Waals surface area contributed by atoms with Crippen molar-refractivity contribution in [3.8, 4) is 6.07 Å². The van der Waals surface area contributed by atoms with Crippen molar-refractivity contribution in [1.82, 2.24) is 14.8 Å². The van der Waals surface area contributed by atoms with Crippen LogP contribution in [0.2, 0.25) is 0 Å². The molecule has 0 fully saturated rings. The third-order valence-corrected chi connectivity index (χ3v) is 3.92. The molecule has 0 amide bonds. The minimum Gasteiger partial charge on any atom is -0.366 e. The van der Waals surface area contributed by atoms with E-state index in [1.165, 1.54) is 12.1 Å². The number of nitrogens with one attached hydrogen (secondary N) is 1. The lowest BCUT2D eigenvalue weighted by Crippen LogP contribution is -2.04. The molecule has 3 rings (SSSR count). The van der Waals surface area contributed by atoms with Crippen LogP contribution in [0, 0.1) is 28.4 Å². The summed E-state index contributed by atoms with van der Waals surface area (Å²) < 4.78 is 1.78. The minimum atomic E-state index is -0.488. The number of non-ortho nitro benzene ring substituents is 1. The van der Waals surface area contributed by atoms with Gasteiger partial charge in [-0.05, 0) is 19.1 Å². The van der Waals surface area contributed by atoms with Crippen molar-refractivity contribution in [1.29, 1.82) is 5.26 Å². The molecule has 0 bridgehead atoms. The molecule has 24 heavy (non-hydrogen) atoms. The van der Waals surface area contributed by atoms with Gasteiger partial charge in [0, 0.05) is 42.4 Å². The number of benzene rings is 1. The fraction of sp³-hybridized carbons (Fsp3) is 0.188. The number of rotatable bonds is 4. The van der Waals surface area contributed by atoms with Crippen LogP contribution < -0.4 is 5.32 Å². The molecule has 0 saturated carbocycles. The molecule has 0 unspecified atom stereocenters. The van der Waals surface area contributed by atoms with Gasteiger partial charge in [0.15, 0.2) is 0 Å². The van der Waals surface area contributed by atoms with Crippen LogP contribution in [-0.4, -0.2) is 19.7 Å². The quantitative estimate of drug-likeness (QED) is 0.584. The molecule has 2 heterocycles. The van der Waals surface area contributed by atoms with E-state index in [1.54, 1.807) is 23.0 Å². The van der Waals surface area contributed by atoms with E-state index in [4.69, 9.17) is 0 Å². The number of aromatic nitrogens is 3. The van der Waals surface area contributed by atoms with E-state index in [0.29, 0.717) is 28.8 Å². The lowest BCUT2D eigenvalue weighted by molar-refractivity contribution is -0.384. The molecular weight excluding hydrogens is 308 g/mol. The molecule has 0 aliphatic heterocycles. The van der Waals surface area contributed by atoms with Crippen LogP contribution in [0.3, 0.4) is 0 Å². The van der Waals surface area contributed by atoms with E-state index in [2.05, 4.69) is 21.5 Å². The molecule has 0 aliphatic rings. The van der Waals surface area contributed by atoms with Crippen molar-refractivity contribution in [2.45, 2.75) is 13.5 Å². The molecule has 0 saturated heterocycles. The van der Waals surface area contributed by atoms with Crippen molar-refractivity contribution in [3.05, 3.63) is 57.4 Å². The Morgan fingerprint density at radius 1 is 1.42 bits per heavy atom. The second-order valence-electron chi connectivity index (χ2n) is 5.36. The van der Waals surface area contributed by atoms with Crippen molar-refractivity contribution in [3.63, 3.8) is 0 Å². The summed E-state index contributed by atoms with van der Waals surface area (Å²) in [6.45, 7) is 2.49. The highest BCUT2D eigenvalue weighted by Crippen LogP contribution is 2.25. The van der Waals surface area contributed by atoms with Crippen LogP contribution in [0.4, 0.5) is 11.5 Å². The summed E-state index contributed by atoms with van der Waals surface area (Å²) in [6.07, 6.45) is 1.78.